The summed E-state index contributed by atoms with van der Waals surface area (Å²) in [5, 5.41) is 202. The Bertz CT molecular complexity index is 1570. The predicted octanol–water partition coefficient (Wildman–Crippen LogP) is -13.7. The fourth-order valence-corrected chi connectivity index (χ4v) is 8.93. The van der Waals surface area contributed by atoms with Crippen molar-refractivity contribution >= 4 is 0 Å². The van der Waals surface area contributed by atoms with Crippen LogP contribution in [0.5, 0.6) is 0 Å². The van der Waals surface area contributed by atoms with Gasteiger partial charge >= 0.3 is 0 Å². The largest absolute Gasteiger partial charge is 0.394 e. The summed E-state index contributed by atoms with van der Waals surface area (Å²) in [5.41, 5.74) is 5.45. The zero-order chi connectivity index (χ0) is 52.2. The summed E-state index contributed by atoms with van der Waals surface area (Å²) in [6.45, 7) is -5.29. The normalized spacial score (nSPS) is 51.0. The lowest BCUT2D eigenvalue weighted by molar-refractivity contribution is -0.396. The second-order valence-electron chi connectivity index (χ2n) is 17.7. The Morgan fingerprint density at radius 2 is 0.507 bits per heavy atom. The van der Waals surface area contributed by atoms with Gasteiger partial charge in [-0.3, -0.25) is 0 Å². The number of aliphatic hydroxyl groups excluding tert-OH is 19. The molecule has 17 unspecified atom stereocenters. The number of hydrogen-bond donors (Lipinski definition) is 20. The minimum absolute atomic E-state index is 0.0360. The summed E-state index contributed by atoms with van der Waals surface area (Å²) in [6.07, 6.45) is -55.0. The fraction of sp³-hybridized carbons (Fsp3) is 1.00. The summed E-state index contributed by atoms with van der Waals surface area (Å²) in [7, 11) is 0. The smallest absolute Gasteiger partial charge is 0.187 e. The highest BCUT2D eigenvalue weighted by Crippen LogP contribution is 2.37. The summed E-state index contributed by atoms with van der Waals surface area (Å²) in [6, 6.07) is 0. The first-order valence-electron chi connectivity index (χ1n) is 22.8. The van der Waals surface area contributed by atoms with Crippen LogP contribution in [0.3, 0.4) is 0 Å². The molecule has 6 saturated heterocycles. The molecule has 0 aliphatic carbocycles. The summed E-state index contributed by atoms with van der Waals surface area (Å²) < 4.78 is 66.9. The number of ether oxygens (including phenoxy) is 12. The molecule has 32 heteroatoms. The molecule has 21 N–H and O–H groups in total. The molecule has 30 atom stereocenters. The fourth-order valence-electron chi connectivity index (χ4n) is 8.93. The molecule has 71 heavy (non-hydrogen) atoms. The maximum Gasteiger partial charge on any atom is 0.187 e. The molecule has 0 aromatic heterocycles. The standard InChI is InChI=1S/C39H69NO31/c40-2-1-3-60-34-24(55)18(49)29(11(5-42)62-34)68-36-26(57)20(51)31(13(7-44)64-36)70-38-28(59)22(53)33(15(9-46)66-38)71-39-27(58)21(52)32(14(8-45)65-39)69-37-25(56)19(50)30(12(6-43)63-37)67-35-23(54)17(48)16(47)10(4-41)61-35/h10-39,41-59H,1-9,40H2/t10?,11?,12?,13?,14?,15?,16-,17?,18+,19?,20?,21?,22?,23?,24?,25?,26?,27?,28?,29+,30+,31+,32+,33-,34-,35+,36-,37-,38+,39+/m0/s1. The highest BCUT2D eigenvalue weighted by atomic mass is 16.8. The van der Waals surface area contributed by atoms with E-state index in [2.05, 4.69) is 0 Å². The Morgan fingerprint density at radius 3 is 0.761 bits per heavy atom. The second-order valence-corrected chi connectivity index (χ2v) is 17.7. The maximum atomic E-state index is 11.3. The van der Waals surface area contributed by atoms with Crippen LogP contribution in [-0.4, -0.2) is 334 Å². The molecule has 0 aromatic rings. The number of rotatable bonds is 20. The molecule has 0 radical (unpaired) electrons. The van der Waals surface area contributed by atoms with Crippen molar-refractivity contribution in [2.75, 3.05) is 52.8 Å². The van der Waals surface area contributed by atoms with Crippen molar-refractivity contribution in [3.8, 4) is 0 Å². The van der Waals surface area contributed by atoms with E-state index < -0.39 is 224 Å². The van der Waals surface area contributed by atoms with E-state index in [1.54, 1.807) is 0 Å². The van der Waals surface area contributed by atoms with Gasteiger partial charge in [0, 0.05) is 0 Å². The molecule has 0 bridgehead atoms. The Labute approximate surface area is 402 Å². The van der Waals surface area contributed by atoms with Crippen LogP contribution in [-0.2, 0) is 56.8 Å². The monoisotopic (exact) mass is 1050 g/mol. The summed E-state index contributed by atoms with van der Waals surface area (Å²) in [4.78, 5) is 0. The van der Waals surface area contributed by atoms with Crippen LogP contribution in [0.1, 0.15) is 6.42 Å². The molecule has 416 valence electrons. The van der Waals surface area contributed by atoms with Crippen LogP contribution in [0.25, 0.3) is 0 Å². The first-order valence-corrected chi connectivity index (χ1v) is 22.8. The minimum Gasteiger partial charge on any atom is -0.394 e. The lowest BCUT2D eigenvalue weighted by Gasteiger charge is -2.50. The molecular weight excluding hydrogens is 978 g/mol. The van der Waals surface area contributed by atoms with Crippen LogP contribution in [0.4, 0.5) is 0 Å². The van der Waals surface area contributed by atoms with E-state index in [1.165, 1.54) is 0 Å². The van der Waals surface area contributed by atoms with Gasteiger partial charge < -0.3 is 160 Å². The third kappa shape index (κ3) is 12.6. The topological polar surface area (TPSA) is 521 Å². The van der Waals surface area contributed by atoms with Gasteiger partial charge in [-0.15, -0.1) is 0 Å². The molecular formula is C39H69NO31. The minimum atomic E-state index is -2.17. The Kier molecular flexibility index (Phi) is 21.7. The van der Waals surface area contributed by atoms with Gasteiger partial charge in [0.15, 0.2) is 37.7 Å². The molecule has 6 heterocycles. The van der Waals surface area contributed by atoms with E-state index in [1.807, 2.05) is 0 Å². The molecule has 6 aliphatic heterocycles. The van der Waals surface area contributed by atoms with E-state index >= 15 is 0 Å². The zero-order valence-electron chi connectivity index (χ0n) is 37.7. The van der Waals surface area contributed by atoms with Crippen LogP contribution < -0.4 is 5.73 Å². The van der Waals surface area contributed by atoms with Crippen molar-refractivity contribution < 1.29 is 154 Å². The van der Waals surface area contributed by atoms with Crippen molar-refractivity contribution in [2.45, 2.75) is 191 Å². The number of nitrogens with two attached hydrogens (primary N) is 1. The molecule has 32 nitrogen and oxygen atoms in total. The van der Waals surface area contributed by atoms with E-state index in [-0.39, 0.29) is 13.2 Å². The summed E-state index contributed by atoms with van der Waals surface area (Å²) in [5.74, 6) is 0. The maximum absolute atomic E-state index is 11.3. The van der Waals surface area contributed by atoms with Crippen LogP contribution in [0.15, 0.2) is 0 Å². The first kappa shape index (κ1) is 59.0. The van der Waals surface area contributed by atoms with Crippen molar-refractivity contribution in [1.29, 1.82) is 0 Å². The third-order valence-electron chi connectivity index (χ3n) is 13.0. The van der Waals surface area contributed by atoms with E-state index in [0.717, 1.165) is 0 Å². The Hall–Kier alpha value is -1.28. The molecule has 0 amide bonds. The molecule has 6 fully saturated rings. The van der Waals surface area contributed by atoms with Crippen molar-refractivity contribution in [1.82, 2.24) is 0 Å². The SMILES string of the molecule is NCCCO[C@H]1OC(CO)[C@@H](O[C@@H]2OC(CO)[C@@H](O[C@H]3OC(CO)[C@H](O[C@H]4OC(CO)[C@@H](O[C@@H]5OC(CO)[C@@H](O[C@H]6OC(CO)[C@H](O)C(O)C6O)C(O)C5O)C(O)C4O)C(O)C3O)C(O)C2O)[C@H](O)C1O. The molecule has 6 aliphatic rings. The first-order chi connectivity index (χ1) is 33.8. The van der Waals surface area contributed by atoms with Crippen molar-refractivity contribution in [3.05, 3.63) is 0 Å². The molecule has 0 aromatic carbocycles. The average Bonchev–Trinajstić information content (AvgIpc) is 3.36. The number of hydrogen-bond acceptors (Lipinski definition) is 32. The third-order valence-corrected chi connectivity index (χ3v) is 13.0. The Balaban J connectivity index is 1.06. The van der Waals surface area contributed by atoms with Gasteiger partial charge in [0.1, 0.15) is 146 Å². The van der Waals surface area contributed by atoms with Crippen LogP contribution in [0, 0.1) is 0 Å². The van der Waals surface area contributed by atoms with E-state index in [0.29, 0.717) is 6.42 Å². The van der Waals surface area contributed by atoms with Gasteiger partial charge in [0.2, 0.25) is 0 Å². The van der Waals surface area contributed by atoms with Gasteiger partial charge in [0.25, 0.3) is 0 Å². The van der Waals surface area contributed by atoms with Gasteiger partial charge in [-0.1, -0.05) is 0 Å². The highest BCUT2D eigenvalue weighted by molar-refractivity contribution is 5.00. The lowest BCUT2D eigenvalue weighted by atomic mass is 9.95. The van der Waals surface area contributed by atoms with Gasteiger partial charge in [-0.05, 0) is 13.0 Å². The van der Waals surface area contributed by atoms with Gasteiger partial charge in [0.05, 0.1) is 46.2 Å². The molecule has 0 spiro atoms. The van der Waals surface area contributed by atoms with Gasteiger partial charge in [-0.25, -0.2) is 0 Å². The van der Waals surface area contributed by atoms with Crippen LogP contribution >= 0.6 is 0 Å². The van der Waals surface area contributed by atoms with Crippen LogP contribution in [0.2, 0.25) is 0 Å². The van der Waals surface area contributed by atoms with Crippen molar-refractivity contribution in [3.63, 3.8) is 0 Å². The molecule has 6 rings (SSSR count). The predicted molar refractivity (Wildman–Crippen MR) is 217 cm³/mol. The van der Waals surface area contributed by atoms with E-state index in [9.17, 15) is 97.0 Å². The zero-order valence-corrected chi connectivity index (χ0v) is 37.7. The molecule has 0 saturated carbocycles. The van der Waals surface area contributed by atoms with E-state index in [4.69, 9.17) is 62.6 Å². The summed E-state index contributed by atoms with van der Waals surface area (Å²) >= 11 is 0. The quantitative estimate of drug-likeness (QED) is 0.0504. The number of aliphatic hydroxyl groups is 19. The second kappa shape index (κ2) is 26.2. The van der Waals surface area contributed by atoms with Crippen molar-refractivity contribution in [2.24, 2.45) is 5.73 Å². The lowest BCUT2D eigenvalue weighted by Crippen LogP contribution is -2.68. The highest BCUT2D eigenvalue weighted by Gasteiger charge is 2.57. The van der Waals surface area contributed by atoms with Gasteiger partial charge in [-0.2, -0.15) is 0 Å². The Morgan fingerprint density at radius 1 is 0.282 bits per heavy atom. The average molecular weight is 1050 g/mol.